The monoisotopic (exact) mass is 262 g/mol. The van der Waals surface area contributed by atoms with Gasteiger partial charge >= 0.3 is 0 Å². The van der Waals surface area contributed by atoms with Crippen LogP contribution in [0.5, 0.6) is 0 Å². The highest BCUT2D eigenvalue weighted by molar-refractivity contribution is 5.98. The Morgan fingerprint density at radius 2 is 2.00 bits per heavy atom. The fourth-order valence-corrected chi connectivity index (χ4v) is 1.79. The van der Waals surface area contributed by atoms with Gasteiger partial charge in [0.25, 0.3) is 0 Å². The maximum absolute atomic E-state index is 11.9. The number of amides is 1. The van der Waals surface area contributed by atoms with Gasteiger partial charge in [-0.3, -0.25) is 9.59 Å². The lowest BCUT2D eigenvalue weighted by atomic mass is 10.1. The van der Waals surface area contributed by atoms with Crippen molar-refractivity contribution in [3.63, 3.8) is 0 Å². The summed E-state index contributed by atoms with van der Waals surface area (Å²) in [6.45, 7) is 6.33. The molecule has 1 rings (SSSR count). The van der Waals surface area contributed by atoms with Crippen molar-refractivity contribution in [1.29, 1.82) is 0 Å². The molecule has 0 aliphatic rings. The van der Waals surface area contributed by atoms with Crippen LogP contribution >= 0.6 is 0 Å². The van der Waals surface area contributed by atoms with E-state index in [1.807, 2.05) is 6.07 Å². The lowest BCUT2D eigenvalue weighted by Gasteiger charge is -2.23. The van der Waals surface area contributed by atoms with Crippen LogP contribution in [0.3, 0.4) is 0 Å². The molecule has 0 saturated carbocycles. The topological polar surface area (TPSA) is 63.4 Å². The molecule has 4 nitrogen and oxygen atoms in total. The van der Waals surface area contributed by atoms with Crippen molar-refractivity contribution in [2.75, 3.05) is 18.0 Å². The van der Waals surface area contributed by atoms with E-state index in [1.165, 1.54) is 6.92 Å². The summed E-state index contributed by atoms with van der Waals surface area (Å²) in [4.78, 5) is 25.0. The van der Waals surface area contributed by atoms with Crippen LogP contribution in [0, 0.1) is 5.92 Å². The van der Waals surface area contributed by atoms with Crippen molar-refractivity contribution >= 4 is 17.4 Å². The molecule has 2 N–H and O–H groups in total. The Balaban J connectivity index is 2.99. The predicted octanol–water partition coefficient (Wildman–Crippen LogP) is 2.23. The molecule has 0 aliphatic heterocycles. The number of rotatable bonds is 6. The summed E-state index contributed by atoms with van der Waals surface area (Å²) in [6.07, 6.45) is 0.899. The highest BCUT2D eigenvalue weighted by atomic mass is 16.2. The Hall–Kier alpha value is -1.68. The molecule has 0 unspecified atom stereocenters. The van der Waals surface area contributed by atoms with Gasteiger partial charge in [0.2, 0.25) is 5.91 Å². The molecular formula is C15H22N2O2. The Morgan fingerprint density at radius 3 is 2.53 bits per heavy atom. The van der Waals surface area contributed by atoms with Gasteiger partial charge in [-0.1, -0.05) is 26.0 Å². The molecule has 0 aromatic heterocycles. The molecule has 0 heterocycles. The van der Waals surface area contributed by atoms with Gasteiger partial charge in [-0.2, -0.15) is 0 Å². The maximum Gasteiger partial charge on any atom is 0.240 e. The van der Waals surface area contributed by atoms with Crippen molar-refractivity contribution in [3.05, 3.63) is 29.8 Å². The number of anilines is 1. The Labute approximate surface area is 114 Å². The number of carbonyl (C=O) groups is 2. The van der Waals surface area contributed by atoms with Gasteiger partial charge in [0.1, 0.15) is 0 Å². The van der Waals surface area contributed by atoms with E-state index >= 15 is 0 Å². The number of hydrogen-bond acceptors (Lipinski definition) is 3. The van der Waals surface area contributed by atoms with E-state index in [9.17, 15) is 9.59 Å². The Kier molecular flexibility index (Phi) is 5.70. The number of ketones is 1. The average molecular weight is 262 g/mol. The summed E-state index contributed by atoms with van der Waals surface area (Å²) in [7, 11) is 0. The average Bonchev–Trinajstić information content (AvgIpc) is 2.38. The highest BCUT2D eigenvalue weighted by Gasteiger charge is 2.15. The fraction of sp³-hybridized carbons (Fsp3) is 0.467. The van der Waals surface area contributed by atoms with Gasteiger partial charge in [0, 0.05) is 17.8 Å². The van der Waals surface area contributed by atoms with Crippen LogP contribution in [0.1, 0.15) is 37.6 Å². The Morgan fingerprint density at radius 1 is 1.32 bits per heavy atom. The molecule has 0 spiro atoms. The van der Waals surface area contributed by atoms with Crippen molar-refractivity contribution in [2.45, 2.75) is 27.2 Å². The largest absolute Gasteiger partial charge is 0.322 e. The summed E-state index contributed by atoms with van der Waals surface area (Å²) in [5.74, 6) is 0.372. The minimum atomic E-state index is -0.124. The van der Waals surface area contributed by atoms with Crippen LogP contribution in [0.4, 0.5) is 5.69 Å². The number of benzene rings is 1. The SMILES string of the molecule is CC(=O)c1cccc(N(CCC(C)C)C(=O)CN)c1. The van der Waals surface area contributed by atoms with Crippen LogP contribution in [-0.2, 0) is 4.79 Å². The number of Topliss-reactive ketones (excluding diaryl/α,β-unsaturated/α-hetero) is 1. The minimum absolute atomic E-state index is 0.00847. The minimum Gasteiger partial charge on any atom is -0.322 e. The van der Waals surface area contributed by atoms with Gasteiger partial charge in [0.05, 0.1) is 6.54 Å². The summed E-state index contributed by atoms with van der Waals surface area (Å²) >= 11 is 0. The molecule has 19 heavy (non-hydrogen) atoms. The molecule has 1 amide bonds. The van der Waals surface area contributed by atoms with Crippen molar-refractivity contribution in [2.24, 2.45) is 11.7 Å². The van der Waals surface area contributed by atoms with Crippen molar-refractivity contribution in [3.8, 4) is 0 Å². The van der Waals surface area contributed by atoms with E-state index in [1.54, 1.807) is 23.1 Å². The molecular weight excluding hydrogens is 240 g/mol. The third-order valence-electron chi connectivity index (χ3n) is 2.97. The second-order valence-corrected chi connectivity index (χ2v) is 5.04. The molecule has 0 atom stereocenters. The molecule has 0 radical (unpaired) electrons. The van der Waals surface area contributed by atoms with E-state index in [0.29, 0.717) is 18.0 Å². The summed E-state index contributed by atoms with van der Waals surface area (Å²) < 4.78 is 0. The van der Waals surface area contributed by atoms with Crippen molar-refractivity contribution in [1.82, 2.24) is 0 Å². The zero-order valence-electron chi connectivity index (χ0n) is 11.8. The predicted molar refractivity (Wildman–Crippen MR) is 77.3 cm³/mol. The first-order chi connectivity index (χ1) is 8.95. The lowest BCUT2D eigenvalue weighted by molar-refractivity contribution is -0.117. The van der Waals surface area contributed by atoms with Crippen LogP contribution in [0.2, 0.25) is 0 Å². The highest BCUT2D eigenvalue weighted by Crippen LogP contribution is 2.18. The second kappa shape index (κ2) is 7.04. The van der Waals surface area contributed by atoms with E-state index < -0.39 is 0 Å². The Bertz CT molecular complexity index is 455. The molecule has 0 bridgehead atoms. The van der Waals surface area contributed by atoms with Crippen LogP contribution in [0.25, 0.3) is 0 Å². The molecule has 4 heteroatoms. The molecule has 0 aliphatic carbocycles. The number of carbonyl (C=O) groups excluding carboxylic acids is 2. The van der Waals surface area contributed by atoms with Crippen molar-refractivity contribution < 1.29 is 9.59 Å². The van der Waals surface area contributed by atoms with Gasteiger partial charge in [-0.05, 0) is 31.4 Å². The first kappa shape index (κ1) is 15.4. The molecule has 1 aromatic carbocycles. The molecule has 104 valence electrons. The van der Waals surface area contributed by atoms with E-state index in [4.69, 9.17) is 5.73 Å². The fourth-order valence-electron chi connectivity index (χ4n) is 1.79. The first-order valence-corrected chi connectivity index (χ1v) is 6.57. The number of hydrogen-bond donors (Lipinski definition) is 1. The van der Waals surface area contributed by atoms with E-state index in [-0.39, 0.29) is 18.2 Å². The quantitative estimate of drug-likeness (QED) is 0.800. The second-order valence-electron chi connectivity index (χ2n) is 5.04. The summed E-state index contributed by atoms with van der Waals surface area (Å²) in [5.41, 5.74) is 6.80. The van der Waals surface area contributed by atoms with E-state index in [0.717, 1.165) is 12.1 Å². The number of nitrogens with zero attached hydrogens (tertiary/aromatic N) is 1. The third kappa shape index (κ3) is 4.48. The summed E-state index contributed by atoms with van der Waals surface area (Å²) in [5, 5.41) is 0. The van der Waals surface area contributed by atoms with Gasteiger partial charge in [0.15, 0.2) is 5.78 Å². The van der Waals surface area contributed by atoms with Gasteiger partial charge in [-0.15, -0.1) is 0 Å². The van der Waals surface area contributed by atoms with Crippen LogP contribution in [-0.4, -0.2) is 24.8 Å². The lowest BCUT2D eigenvalue weighted by Crippen LogP contribution is -2.37. The summed E-state index contributed by atoms with van der Waals surface area (Å²) in [6, 6.07) is 7.12. The number of nitrogens with two attached hydrogens (primary N) is 1. The van der Waals surface area contributed by atoms with Crippen LogP contribution < -0.4 is 10.6 Å². The molecule has 1 aromatic rings. The first-order valence-electron chi connectivity index (χ1n) is 6.57. The van der Waals surface area contributed by atoms with E-state index in [2.05, 4.69) is 13.8 Å². The third-order valence-corrected chi connectivity index (χ3v) is 2.97. The molecule has 0 fully saturated rings. The molecule has 0 saturated heterocycles. The van der Waals surface area contributed by atoms with Gasteiger partial charge < -0.3 is 10.6 Å². The zero-order chi connectivity index (χ0) is 14.4. The maximum atomic E-state index is 11.9. The van der Waals surface area contributed by atoms with Crippen LogP contribution in [0.15, 0.2) is 24.3 Å². The standard InChI is InChI=1S/C15H22N2O2/c1-11(2)7-8-17(15(19)10-16)14-6-4-5-13(9-14)12(3)18/h4-6,9,11H,7-8,10,16H2,1-3H3. The zero-order valence-corrected chi connectivity index (χ0v) is 11.8. The smallest absolute Gasteiger partial charge is 0.240 e. The normalized spacial score (nSPS) is 10.6. The van der Waals surface area contributed by atoms with Gasteiger partial charge in [-0.25, -0.2) is 0 Å².